The van der Waals surface area contributed by atoms with Crippen molar-refractivity contribution in [2.24, 2.45) is 0 Å². The van der Waals surface area contributed by atoms with Crippen LogP contribution in [0.4, 0.5) is 11.6 Å². The van der Waals surface area contributed by atoms with Gasteiger partial charge in [-0.15, -0.1) is 5.10 Å². The standard InChI is InChI=1S/C10H8BrIN6/c1-12-18-6-7(5-13-18)14-10-15-9-8(11)3-2-4-17(9)16-10/h2-6H,1H2,(H,14,16). The number of hydrogen-bond donors (Lipinski definition) is 1. The minimum absolute atomic E-state index is 0.309. The van der Waals surface area contributed by atoms with Crippen LogP contribution < -0.4 is 5.32 Å². The first-order chi connectivity index (χ1) is 8.76. The van der Waals surface area contributed by atoms with Crippen LogP contribution >= 0.6 is 36.9 Å². The minimum atomic E-state index is -0.309. The molecule has 3 aromatic rings. The fourth-order valence-corrected chi connectivity index (χ4v) is 2.71. The molecule has 0 aliphatic rings. The largest absolute Gasteiger partial charge is 0.320 e. The van der Waals surface area contributed by atoms with E-state index in [0.29, 0.717) is 5.95 Å². The van der Waals surface area contributed by atoms with Crippen LogP contribution in [-0.4, -0.2) is 27.1 Å². The zero-order valence-corrected chi connectivity index (χ0v) is 12.8. The molecule has 0 aromatic carbocycles. The van der Waals surface area contributed by atoms with Gasteiger partial charge < -0.3 is 5.32 Å². The maximum absolute atomic E-state index is 4.39. The van der Waals surface area contributed by atoms with Crippen molar-refractivity contribution >= 4 is 58.7 Å². The Morgan fingerprint density at radius 1 is 1.44 bits per heavy atom. The molecule has 8 heteroatoms. The molecule has 0 radical (unpaired) electrons. The highest BCUT2D eigenvalue weighted by atomic mass is 127. The van der Waals surface area contributed by atoms with Gasteiger partial charge in [-0.3, -0.25) is 0 Å². The van der Waals surface area contributed by atoms with Gasteiger partial charge in [0.2, 0.25) is 5.95 Å². The molecule has 18 heavy (non-hydrogen) atoms. The lowest BCUT2D eigenvalue weighted by Crippen LogP contribution is -1.91. The number of hydrogen-bond acceptors (Lipinski definition) is 4. The summed E-state index contributed by atoms with van der Waals surface area (Å²) in [4.78, 5) is 4.39. The number of aromatic nitrogens is 5. The van der Waals surface area contributed by atoms with E-state index in [2.05, 4.69) is 40.9 Å². The molecule has 0 unspecified atom stereocenters. The van der Waals surface area contributed by atoms with Crippen molar-refractivity contribution in [1.29, 1.82) is 0 Å². The molecule has 0 saturated heterocycles. The van der Waals surface area contributed by atoms with E-state index in [9.17, 15) is 0 Å². The lowest BCUT2D eigenvalue weighted by Gasteiger charge is -1.93. The summed E-state index contributed by atoms with van der Waals surface area (Å²) in [6, 6.07) is 3.83. The molecule has 0 atom stereocenters. The van der Waals surface area contributed by atoms with Crippen molar-refractivity contribution in [3.8, 4) is 0 Å². The van der Waals surface area contributed by atoms with E-state index in [4.69, 9.17) is 0 Å². The molecule has 1 N–H and O–H groups in total. The Morgan fingerprint density at radius 3 is 3.06 bits per heavy atom. The van der Waals surface area contributed by atoms with E-state index in [1.54, 1.807) is 10.7 Å². The summed E-state index contributed by atoms with van der Waals surface area (Å²) in [5.74, 6) is 0.545. The van der Waals surface area contributed by atoms with E-state index in [0.717, 1.165) is 15.8 Å². The van der Waals surface area contributed by atoms with E-state index in [-0.39, 0.29) is 21.0 Å². The van der Waals surface area contributed by atoms with E-state index < -0.39 is 0 Å². The molecule has 0 amide bonds. The van der Waals surface area contributed by atoms with Crippen LogP contribution in [0, 0.1) is 0 Å². The average molecular weight is 419 g/mol. The Bertz CT molecular complexity index is 718. The van der Waals surface area contributed by atoms with Crippen molar-refractivity contribution in [2.75, 3.05) is 5.32 Å². The summed E-state index contributed by atoms with van der Waals surface area (Å²) >= 11 is 3.13. The highest BCUT2D eigenvalue weighted by Gasteiger charge is 2.07. The monoisotopic (exact) mass is 418 g/mol. The molecule has 0 aliphatic carbocycles. The van der Waals surface area contributed by atoms with Gasteiger partial charge in [0.15, 0.2) is 5.65 Å². The number of rotatable bonds is 3. The van der Waals surface area contributed by atoms with Gasteiger partial charge in [0.25, 0.3) is 0 Å². The first-order valence-electron chi connectivity index (χ1n) is 4.98. The Kier molecular flexibility index (Phi) is 3.12. The van der Waals surface area contributed by atoms with Gasteiger partial charge in [0.05, 0.1) is 22.6 Å². The van der Waals surface area contributed by atoms with Gasteiger partial charge in [0.1, 0.15) is 0 Å². The number of halogens is 2. The second-order valence-corrected chi connectivity index (χ2v) is 5.95. The molecule has 3 heterocycles. The predicted molar refractivity (Wildman–Crippen MR) is 82.7 cm³/mol. The van der Waals surface area contributed by atoms with Crippen LogP contribution in [0.1, 0.15) is 0 Å². The van der Waals surface area contributed by atoms with Gasteiger partial charge in [0, 0.05) is 27.2 Å². The third-order valence-corrected chi connectivity index (χ3v) is 4.09. The topological polar surface area (TPSA) is 60.0 Å². The summed E-state index contributed by atoms with van der Waals surface area (Å²) in [5, 5.41) is 11.6. The summed E-state index contributed by atoms with van der Waals surface area (Å²) in [7, 11) is 0. The molecule has 0 aliphatic heterocycles. The number of nitrogens with one attached hydrogen (secondary N) is 1. The Hall–Kier alpha value is -1.29. The first-order valence-corrected chi connectivity index (χ1v) is 8.26. The number of fused-ring (bicyclic) bond motifs is 1. The average Bonchev–Trinajstić information content (AvgIpc) is 2.96. The van der Waals surface area contributed by atoms with Crippen molar-refractivity contribution in [2.45, 2.75) is 0 Å². The molecule has 3 rings (SSSR count). The van der Waals surface area contributed by atoms with Crippen LogP contribution in [-0.2, 0) is 0 Å². The van der Waals surface area contributed by atoms with Crippen LogP contribution in [0.15, 0.2) is 35.2 Å². The molecule has 0 fully saturated rings. The smallest absolute Gasteiger partial charge is 0.247 e. The zero-order chi connectivity index (χ0) is 12.5. The molecular weight excluding hydrogens is 411 g/mol. The van der Waals surface area contributed by atoms with Crippen molar-refractivity contribution < 1.29 is 0 Å². The Labute approximate surface area is 121 Å². The summed E-state index contributed by atoms with van der Waals surface area (Å²) in [6.45, 7) is 0. The van der Waals surface area contributed by atoms with Gasteiger partial charge in [-0.05, 0) is 32.6 Å². The van der Waals surface area contributed by atoms with Gasteiger partial charge in [-0.2, -0.15) is 10.1 Å². The molecule has 0 saturated carbocycles. The second-order valence-electron chi connectivity index (χ2n) is 3.42. The second kappa shape index (κ2) is 4.76. The van der Waals surface area contributed by atoms with Crippen LogP contribution in [0.3, 0.4) is 0 Å². The molecule has 92 valence electrons. The predicted octanol–water partition coefficient (Wildman–Crippen LogP) is 2.60. The maximum Gasteiger partial charge on any atom is 0.247 e. The Balaban J connectivity index is 1.95. The lowest BCUT2D eigenvalue weighted by molar-refractivity contribution is 0.962. The lowest BCUT2D eigenvalue weighted by atomic mass is 10.5. The molecular formula is C10H8BrIN6. The van der Waals surface area contributed by atoms with E-state index in [1.165, 1.54) is 0 Å². The zero-order valence-electron chi connectivity index (χ0n) is 9.09. The van der Waals surface area contributed by atoms with E-state index >= 15 is 0 Å². The number of nitrogens with zero attached hydrogens (tertiary/aromatic N) is 5. The van der Waals surface area contributed by atoms with Gasteiger partial charge in [-0.25, -0.2) is 7.41 Å². The van der Waals surface area contributed by atoms with Crippen molar-refractivity contribution in [3.05, 3.63) is 35.2 Å². The maximum atomic E-state index is 4.39. The van der Waals surface area contributed by atoms with Crippen LogP contribution in [0.2, 0.25) is 0 Å². The third kappa shape index (κ3) is 2.17. The quantitative estimate of drug-likeness (QED) is 0.664. The molecule has 0 bridgehead atoms. The van der Waals surface area contributed by atoms with Crippen LogP contribution in [0.5, 0.6) is 0 Å². The summed E-state index contributed by atoms with van der Waals surface area (Å²) in [5.41, 5.74) is 1.64. The Morgan fingerprint density at radius 2 is 2.33 bits per heavy atom. The minimum Gasteiger partial charge on any atom is -0.320 e. The van der Waals surface area contributed by atoms with Crippen molar-refractivity contribution in [3.63, 3.8) is 0 Å². The molecule has 0 spiro atoms. The number of anilines is 2. The number of pyridine rings is 1. The fourth-order valence-electron chi connectivity index (χ4n) is 1.48. The highest BCUT2D eigenvalue weighted by Crippen LogP contribution is 2.19. The molecule has 3 aromatic heterocycles. The van der Waals surface area contributed by atoms with Crippen LogP contribution in [0.25, 0.3) is 5.65 Å². The normalized spacial score (nSPS) is 10.9. The van der Waals surface area contributed by atoms with Crippen molar-refractivity contribution in [1.82, 2.24) is 22.6 Å². The van der Waals surface area contributed by atoms with E-state index in [1.807, 2.05) is 27.4 Å². The summed E-state index contributed by atoms with van der Waals surface area (Å²) < 4.78 is 8.32. The third-order valence-electron chi connectivity index (χ3n) is 2.25. The fraction of sp³-hybridized carbons (Fsp3) is 0. The van der Waals surface area contributed by atoms with Gasteiger partial charge >= 0.3 is 0 Å². The highest BCUT2D eigenvalue weighted by molar-refractivity contribution is 14.2. The SMILES string of the molecule is C=In1cc(Nc2nc3c(Br)cccn3n2)cn1. The molecule has 6 nitrogen and oxygen atoms in total. The summed E-state index contributed by atoms with van der Waals surface area (Å²) in [6.07, 6.45) is 5.50. The van der Waals surface area contributed by atoms with Gasteiger partial charge in [-0.1, -0.05) is 0 Å². The first kappa shape index (κ1) is 11.8.